The molecule has 2 amide bonds. The maximum absolute atomic E-state index is 12.1. The van der Waals surface area contributed by atoms with Crippen LogP contribution in [0.15, 0.2) is 22.5 Å². The van der Waals surface area contributed by atoms with Crippen molar-refractivity contribution in [1.29, 1.82) is 0 Å². The van der Waals surface area contributed by atoms with Gasteiger partial charge in [0.15, 0.2) is 4.34 Å². The van der Waals surface area contributed by atoms with E-state index in [1.165, 1.54) is 30.0 Å². The molecule has 132 valence electrons. The van der Waals surface area contributed by atoms with E-state index in [-0.39, 0.29) is 23.6 Å². The molecular formula is C16H17ClN4O2S2. The number of amides is 2. The van der Waals surface area contributed by atoms with Gasteiger partial charge in [0.05, 0.1) is 5.75 Å². The first-order chi connectivity index (χ1) is 11.9. The number of thioether (sulfide) groups is 1. The van der Waals surface area contributed by atoms with Gasteiger partial charge in [-0.3, -0.25) is 14.5 Å². The smallest absolute Gasteiger partial charge is 0.234 e. The zero-order valence-corrected chi connectivity index (χ0v) is 16.2. The number of aromatic nitrogens is 2. The summed E-state index contributed by atoms with van der Waals surface area (Å²) in [5.41, 5.74) is 1.65. The van der Waals surface area contributed by atoms with E-state index < -0.39 is 0 Å². The van der Waals surface area contributed by atoms with Crippen LogP contribution in [0.1, 0.15) is 25.3 Å². The fraction of sp³-hybridized carbons (Fsp3) is 0.375. The Morgan fingerprint density at radius 1 is 1.40 bits per heavy atom. The predicted molar refractivity (Wildman–Crippen MR) is 102 cm³/mol. The van der Waals surface area contributed by atoms with Crippen LogP contribution in [0, 0.1) is 6.92 Å². The molecule has 1 aromatic carbocycles. The summed E-state index contributed by atoms with van der Waals surface area (Å²) in [6.45, 7) is 3.42. The fourth-order valence-corrected chi connectivity index (χ4v) is 4.30. The summed E-state index contributed by atoms with van der Waals surface area (Å²) in [6, 6.07) is 5.57. The zero-order valence-electron chi connectivity index (χ0n) is 13.8. The van der Waals surface area contributed by atoms with Gasteiger partial charge in [0.2, 0.25) is 16.9 Å². The number of halogens is 1. The Balaban J connectivity index is 1.56. The van der Waals surface area contributed by atoms with Crippen molar-refractivity contribution in [1.82, 2.24) is 10.2 Å². The predicted octanol–water partition coefficient (Wildman–Crippen LogP) is 3.75. The fourth-order valence-electron chi connectivity index (χ4n) is 2.32. The number of carbonyl (C=O) groups is 2. The normalized spacial score (nSPS) is 13.6. The topological polar surface area (TPSA) is 75.2 Å². The van der Waals surface area contributed by atoms with E-state index in [2.05, 4.69) is 15.5 Å². The first-order valence-corrected chi connectivity index (χ1v) is 9.94. The van der Waals surface area contributed by atoms with E-state index in [0.717, 1.165) is 24.1 Å². The number of rotatable bonds is 6. The Hall–Kier alpha value is -1.64. The van der Waals surface area contributed by atoms with E-state index in [0.29, 0.717) is 14.5 Å². The molecule has 1 fully saturated rings. The molecule has 1 saturated carbocycles. The quantitative estimate of drug-likeness (QED) is 0.594. The van der Waals surface area contributed by atoms with Crippen LogP contribution in [-0.4, -0.2) is 33.8 Å². The third-order valence-electron chi connectivity index (χ3n) is 3.64. The standard InChI is InChI=1S/C16H17ClN4O2S2/c1-9-7-11(17)3-6-13(9)18-14(23)8-24-16-20-19-15(25-16)21(10(2)22)12-4-5-12/h3,6-7,12H,4-5,8H2,1-2H3,(H,18,23). The van der Waals surface area contributed by atoms with Crippen LogP contribution in [0.25, 0.3) is 0 Å². The zero-order chi connectivity index (χ0) is 18.0. The molecule has 1 N–H and O–H groups in total. The number of hydrogen-bond acceptors (Lipinski definition) is 6. The van der Waals surface area contributed by atoms with Gasteiger partial charge in [0, 0.05) is 23.7 Å². The minimum absolute atomic E-state index is 0.0221. The van der Waals surface area contributed by atoms with Crippen molar-refractivity contribution < 1.29 is 9.59 Å². The molecule has 0 radical (unpaired) electrons. The van der Waals surface area contributed by atoms with Crippen molar-refractivity contribution in [2.45, 2.75) is 37.1 Å². The number of anilines is 2. The molecule has 0 unspecified atom stereocenters. The van der Waals surface area contributed by atoms with E-state index in [9.17, 15) is 9.59 Å². The first-order valence-electron chi connectivity index (χ1n) is 7.76. The van der Waals surface area contributed by atoms with Crippen LogP contribution in [0.5, 0.6) is 0 Å². The summed E-state index contributed by atoms with van der Waals surface area (Å²) in [5, 5.41) is 12.3. The highest BCUT2D eigenvalue weighted by molar-refractivity contribution is 8.01. The average molecular weight is 397 g/mol. The molecule has 0 bridgehead atoms. The van der Waals surface area contributed by atoms with Crippen LogP contribution in [0.3, 0.4) is 0 Å². The maximum Gasteiger partial charge on any atom is 0.234 e. The Bertz CT molecular complexity index is 807. The second kappa shape index (κ2) is 7.72. The van der Waals surface area contributed by atoms with Crippen LogP contribution < -0.4 is 10.2 Å². The van der Waals surface area contributed by atoms with Crippen molar-refractivity contribution in [3.8, 4) is 0 Å². The van der Waals surface area contributed by atoms with Gasteiger partial charge in [-0.2, -0.15) is 0 Å². The second-order valence-corrected chi connectivity index (χ2v) is 8.38. The van der Waals surface area contributed by atoms with E-state index in [1.54, 1.807) is 23.1 Å². The lowest BCUT2D eigenvalue weighted by Gasteiger charge is -2.15. The summed E-state index contributed by atoms with van der Waals surface area (Å²) >= 11 is 8.56. The minimum Gasteiger partial charge on any atom is -0.325 e. The monoisotopic (exact) mass is 396 g/mol. The Morgan fingerprint density at radius 2 is 2.16 bits per heavy atom. The number of aryl methyl sites for hydroxylation is 1. The summed E-state index contributed by atoms with van der Waals surface area (Å²) in [7, 11) is 0. The molecule has 1 heterocycles. The number of hydrogen-bond donors (Lipinski definition) is 1. The Labute approximate surface area is 159 Å². The Kier molecular flexibility index (Phi) is 5.61. The lowest BCUT2D eigenvalue weighted by Crippen LogP contribution is -2.30. The van der Waals surface area contributed by atoms with E-state index in [1.807, 2.05) is 6.92 Å². The van der Waals surface area contributed by atoms with Gasteiger partial charge in [0.1, 0.15) is 0 Å². The summed E-state index contributed by atoms with van der Waals surface area (Å²) in [4.78, 5) is 25.6. The molecular weight excluding hydrogens is 380 g/mol. The summed E-state index contributed by atoms with van der Waals surface area (Å²) in [6.07, 6.45) is 2.01. The molecule has 0 spiro atoms. The summed E-state index contributed by atoms with van der Waals surface area (Å²) in [5.74, 6) is 0.0733. The second-order valence-electron chi connectivity index (χ2n) is 5.77. The third-order valence-corrected chi connectivity index (χ3v) is 5.93. The molecule has 0 aliphatic heterocycles. The molecule has 25 heavy (non-hydrogen) atoms. The molecule has 9 heteroatoms. The first kappa shape index (κ1) is 18.2. The van der Waals surface area contributed by atoms with E-state index >= 15 is 0 Å². The largest absolute Gasteiger partial charge is 0.325 e. The van der Waals surface area contributed by atoms with Crippen molar-refractivity contribution >= 4 is 57.3 Å². The molecule has 1 aliphatic carbocycles. The highest BCUT2D eigenvalue weighted by Crippen LogP contribution is 2.35. The number of nitrogens with zero attached hydrogens (tertiary/aromatic N) is 3. The summed E-state index contributed by atoms with van der Waals surface area (Å²) < 4.78 is 0.671. The van der Waals surface area contributed by atoms with Crippen LogP contribution in [0.2, 0.25) is 5.02 Å². The van der Waals surface area contributed by atoms with Crippen LogP contribution >= 0.6 is 34.7 Å². The van der Waals surface area contributed by atoms with Gasteiger partial charge in [-0.1, -0.05) is 34.7 Å². The molecule has 0 atom stereocenters. The lowest BCUT2D eigenvalue weighted by atomic mass is 10.2. The molecule has 1 aliphatic rings. The van der Waals surface area contributed by atoms with Gasteiger partial charge in [-0.25, -0.2) is 0 Å². The minimum atomic E-state index is -0.127. The maximum atomic E-state index is 12.1. The average Bonchev–Trinajstić information content (AvgIpc) is 3.26. The molecule has 0 saturated heterocycles. The lowest BCUT2D eigenvalue weighted by molar-refractivity contribution is -0.116. The number of benzene rings is 1. The van der Waals surface area contributed by atoms with Crippen molar-refractivity contribution in [3.05, 3.63) is 28.8 Å². The van der Waals surface area contributed by atoms with Gasteiger partial charge in [0.25, 0.3) is 0 Å². The van der Waals surface area contributed by atoms with Gasteiger partial charge >= 0.3 is 0 Å². The SMILES string of the molecule is CC(=O)N(c1nnc(SCC(=O)Nc2ccc(Cl)cc2C)s1)C1CC1. The molecule has 2 aromatic rings. The van der Waals surface area contributed by atoms with Crippen LogP contribution in [-0.2, 0) is 9.59 Å². The number of carbonyl (C=O) groups excluding carboxylic acids is 2. The van der Waals surface area contributed by atoms with Crippen molar-refractivity contribution in [2.75, 3.05) is 16.0 Å². The van der Waals surface area contributed by atoms with Crippen LogP contribution in [0.4, 0.5) is 10.8 Å². The molecule has 1 aromatic heterocycles. The number of nitrogens with one attached hydrogen (secondary N) is 1. The van der Waals surface area contributed by atoms with Gasteiger partial charge < -0.3 is 5.32 Å². The van der Waals surface area contributed by atoms with E-state index in [4.69, 9.17) is 11.6 Å². The van der Waals surface area contributed by atoms with Crippen molar-refractivity contribution in [3.63, 3.8) is 0 Å². The third kappa shape index (κ3) is 4.71. The molecule has 6 nitrogen and oxygen atoms in total. The van der Waals surface area contributed by atoms with Gasteiger partial charge in [-0.05, 0) is 43.5 Å². The highest BCUT2D eigenvalue weighted by atomic mass is 35.5. The Morgan fingerprint density at radius 3 is 2.80 bits per heavy atom. The van der Waals surface area contributed by atoms with Gasteiger partial charge in [-0.15, -0.1) is 10.2 Å². The molecule has 3 rings (SSSR count). The van der Waals surface area contributed by atoms with Crippen molar-refractivity contribution in [2.24, 2.45) is 0 Å². The highest BCUT2D eigenvalue weighted by Gasteiger charge is 2.34.